The van der Waals surface area contributed by atoms with Gasteiger partial charge < -0.3 is 4.79 Å². The molecule has 0 aliphatic heterocycles. The zero-order valence-corrected chi connectivity index (χ0v) is 8.14. The van der Waals surface area contributed by atoms with Gasteiger partial charge in [-0.2, -0.15) is 0 Å². The maximum absolute atomic E-state index is 9.97. The van der Waals surface area contributed by atoms with E-state index in [2.05, 4.69) is 13.5 Å². The zero-order valence-electron chi connectivity index (χ0n) is 8.14. The lowest BCUT2D eigenvalue weighted by Gasteiger charge is -1.99. The maximum Gasteiger partial charge on any atom is 0.119 e. The summed E-state index contributed by atoms with van der Waals surface area (Å²) in [5, 5.41) is 0. The zero-order chi connectivity index (χ0) is 9.23. The highest BCUT2D eigenvalue weighted by atomic mass is 16.1. The molecule has 0 bridgehead atoms. The third kappa shape index (κ3) is 9.41. The summed E-state index contributed by atoms with van der Waals surface area (Å²) in [5.74, 6) is 0. The number of aldehydes is 1. The van der Waals surface area contributed by atoms with Crippen LogP contribution in [0, 0.1) is 0 Å². The standard InChI is InChI=1S/C11H20O/c1-11(2)9-7-5-3-4-6-8-10-12/h10H,1,3-9H2,2H3. The van der Waals surface area contributed by atoms with Crippen LogP contribution in [0.5, 0.6) is 0 Å². The molecule has 12 heavy (non-hydrogen) atoms. The normalized spacial score (nSPS) is 9.75. The molecule has 0 saturated carbocycles. The van der Waals surface area contributed by atoms with E-state index in [9.17, 15) is 4.79 Å². The highest BCUT2D eigenvalue weighted by Gasteiger charge is 1.90. The van der Waals surface area contributed by atoms with Crippen molar-refractivity contribution in [3.63, 3.8) is 0 Å². The molecule has 0 aromatic rings. The quantitative estimate of drug-likeness (QED) is 0.308. The Balaban J connectivity index is 2.90. The van der Waals surface area contributed by atoms with Gasteiger partial charge in [-0.25, -0.2) is 0 Å². The van der Waals surface area contributed by atoms with Gasteiger partial charge in [0.15, 0.2) is 0 Å². The summed E-state index contributed by atoms with van der Waals surface area (Å²) in [4.78, 5) is 9.97. The fraction of sp³-hybridized carbons (Fsp3) is 0.727. The van der Waals surface area contributed by atoms with Gasteiger partial charge in [-0.1, -0.05) is 24.8 Å². The van der Waals surface area contributed by atoms with Crippen LogP contribution in [-0.2, 0) is 4.79 Å². The topological polar surface area (TPSA) is 17.1 Å². The van der Waals surface area contributed by atoms with Gasteiger partial charge in [0, 0.05) is 6.42 Å². The molecule has 0 spiro atoms. The predicted molar refractivity (Wildman–Crippen MR) is 53.2 cm³/mol. The summed E-state index contributed by atoms with van der Waals surface area (Å²) < 4.78 is 0. The van der Waals surface area contributed by atoms with Crippen LogP contribution >= 0.6 is 0 Å². The lowest BCUT2D eigenvalue weighted by atomic mass is 10.1. The molecular formula is C11H20O. The van der Waals surface area contributed by atoms with Crippen molar-refractivity contribution >= 4 is 6.29 Å². The summed E-state index contributed by atoms with van der Waals surface area (Å²) in [7, 11) is 0. The molecule has 0 saturated heterocycles. The van der Waals surface area contributed by atoms with Crippen molar-refractivity contribution in [1.82, 2.24) is 0 Å². The van der Waals surface area contributed by atoms with Gasteiger partial charge in [0.2, 0.25) is 0 Å². The van der Waals surface area contributed by atoms with E-state index in [1.54, 1.807) is 0 Å². The van der Waals surface area contributed by atoms with Crippen molar-refractivity contribution in [2.24, 2.45) is 0 Å². The first kappa shape index (κ1) is 11.4. The van der Waals surface area contributed by atoms with E-state index in [4.69, 9.17) is 0 Å². The molecule has 0 heterocycles. The molecule has 0 N–H and O–H groups in total. The van der Waals surface area contributed by atoms with Crippen molar-refractivity contribution in [2.75, 3.05) is 0 Å². The van der Waals surface area contributed by atoms with Crippen LogP contribution in [0.2, 0.25) is 0 Å². The minimum absolute atomic E-state index is 0.737. The average molecular weight is 168 g/mol. The summed E-state index contributed by atoms with van der Waals surface area (Å²) in [6.45, 7) is 5.93. The highest BCUT2D eigenvalue weighted by Crippen LogP contribution is 2.09. The van der Waals surface area contributed by atoms with Crippen molar-refractivity contribution in [2.45, 2.75) is 51.9 Å². The number of hydrogen-bond acceptors (Lipinski definition) is 1. The van der Waals surface area contributed by atoms with E-state index < -0.39 is 0 Å². The molecule has 0 aliphatic carbocycles. The van der Waals surface area contributed by atoms with Crippen molar-refractivity contribution in [3.05, 3.63) is 12.2 Å². The molecule has 0 amide bonds. The van der Waals surface area contributed by atoms with Gasteiger partial charge in [0.05, 0.1) is 0 Å². The average Bonchev–Trinajstić information content (AvgIpc) is 2.02. The van der Waals surface area contributed by atoms with Crippen LogP contribution in [0.15, 0.2) is 12.2 Å². The number of hydrogen-bond donors (Lipinski definition) is 0. The molecule has 0 aromatic heterocycles. The molecule has 1 nitrogen and oxygen atoms in total. The molecule has 1 heteroatoms. The van der Waals surface area contributed by atoms with E-state index in [0.717, 1.165) is 25.5 Å². The fourth-order valence-electron chi connectivity index (χ4n) is 1.18. The Morgan fingerprint density at radius 3 is 2.33 bits per heavy atom. The third-order valence-corrected chi connectivity index (χ3v) is 1.93. The fourth-order valence-corrected chi connectivity index (χ4v) is 1.18. The van der Waals surface area contributed by atoms with Gasteiger partial charge in [-0.3, -0.25) is 0 Å². The molecule has 0 unspecified atom stereocenters. The molecule has 70 valence electrons. The Bertz CT molecular complexity index is 127. The second kappa shape index (κ2) is 8.51. The second-order valence-electron chi connectivity index (χ2n) is 3.43. The predicted octanol–water partition coefficient (Wildman–Crippen LogP) is 3.49. The number of carbonyl (C=O) groups excluding carboxylic acids is 1. The number of unbranched alkanes of at least 4 members (excludes halogenated alkanes) is 5. The van der Waals surface area contributed by atoms with E-state index in [1.807, 2.05) is 0 Å². The molecule has 0 aromatic carbocycles. The Morgan fingerprint density at radius 1 is 1.17 bits per heavy atom. The first-order valence-corrected chi connectivity index (χ1v) is 4.85. The van der Waals surface area contributed by atoms with Gasteiger partial charge >= 0.3 is 0 Å². The van der Waals surface area contributed by atoms with Gasteiger partial charge in [-0.05, 0) is 26.2 Å². The van der Waals surface area contributed by atoms with Crippen LogP contribution in [0.25, 0.3) is 0 Å². The van der Waals surface area contributed by atoms with Crippen molar-refractivity contribution in [1.29, 1.82) is 0 Å². The monoisotopic (exact) mass is 168 g/mol. The summed E-state index contributed by atoms with van der Waals surface area (Å²) in [6, 6.07) is 0. The Morgan fingerprint density at radius 2 is 1.75 bits per heavy atom. The van der Waals surface area contributed by atoms with Crippen LogP contribution in [-0.4, -0.2) is 6.29 Å². The summed E-state index contributed by atoms with van der Waals surface area (Å²) >= 11 is 0. The molecule has 0 fully saturated rings. The van der Waals surface area contributed by atoms with Crippen LogP contribution < -0.4 is 0 Å². The number of rotatable bonds is 8. The Kier molecular flexibility index (Phi) is 8.09. The first-order valence-electron chi connectivity index (χ1n) is 4.85. The second-order valence-corrected chi connectivity index (χ2v) is 3.43. The number of carbonyl (C=O) groups is 1. The van der Waals surface area contributed by atoms with E-state index in [0.29, 0.717) is 0 Å². The van der Waals surface area contributed by atoms with Crippen molar-refractivity contribution in [3.8, 4) is 0 Å². The Labute approximate surface area is 75.9 Å². The van der Waals surface area contributed by atoms with E-state index in [1.165, 1.54) is 31.3 Å². The van der Waals surface area contributed by atoms with Gasteiger partial charge in [0.25, 0.3) is 0 Å². The molecular weight excluding hydrogens is 148 g/mol. The SMILES string of the molecule is C=C(C)CCCCCCCC=O. The number of allylic oxidation sites excluding steroid dienone is 1. The van der Waals surface area contributed by atoms with Crippen molar-refractivity contribution < 1.29 is 4.79 Å². The lowest BCUT2D eigenvalue weighted by molar-refractivity contribution is -0.107. The molecule has 0 aliphatic rings. The maximum atomic E-state index is 9.97. The first-order chi connectivity index (χ1) is 5.77. The van der Waals surface area contributed by atoms with Crippen LogP contribution in [0.1, 0.15) is 51.9 Å². The highest BCUT2D eigenvalue weighted by molar-refractivity contribution is 5.48. The third-order valence-electron chi connectivity index (χ3n) is 1.93. The van der Waals surface area contributed by atoms with Crippen LogP contribution in [0.3, 0.4) is 0 Å². The largest absolute Gasteiger partial charge is 0.303 e. The van der Waals surface area contributed by atoms with E-state index in [-0.39, 0.29) is 0 Å². The summed E-state index contributed by atoms with van der Waals surface area (Å²) in [5.41, 5.74) is 1.28. The Hall–Kier alpha value is -0.590. The van der Waals surface area contributed by atoms with Crippen LogP contribution in [0.4, 0.5) is 0 Å². The minimum atomic E-state index is 0.737. The van der Waals surface area contributed by atoms with E-state index >= 15 is 0 Å². The van der Waals surface area contributed by atoms with Gasteiger partial charge in [-0.15, -0.1) is 6.58 Å². The summed E-state index contributed by atoms with van der Waals surface area (Å²) in [6.07, 6.45) is 8.98. The van der Waals surface area contributed by atoms with Gasteiger partial charge in [0.1, 0.15) is 6.29 Å². The lowest BCUT2D eigenvalue weighted by Crippen LogP contribution is -1.81. The molecule has 0 rings (SSSR count). The minimum Gasteiger partial charge on any atom is -0.303 e. The molecule has 0 atom stereocenters. The molecule has 0 radical (unpaired) electrons. The smallest absolute Gasteiger partial charge is 0.119 e.